The SMILES string of the molecule is Cc1ccnc2nc(C(=O)NCC3CCC(O)C3)nn12. The number of aromatic nitrogens is 4. The van der Waals surface area contributed by atoms with E-state index >= 15 is 0 Å². The maximum atomic E-state index is 12.0. The van der Waals surface area contributed by atoms with Crippen molar-refractivity contribution in [2.45, 2.75) is 32.3 Å². The van der Waals surface area contributed by atoms with Crippen LogP contribution in [0, 0.1) is 12.8 Å². The van der Waals surface area contributed by atoms with Crippen molar-refractivity contribution in [2.24, 2.45) is 5.92 Å². The topological polar surface area (TPSA) is 92.4 Å². The number of fused-ring (bicyclic) bond motifs is 1. The quantitative estimate of drug-likeness (QED) is 0.841. The van der Waals surface area contributed by atoms with Gasteiger partial charge in [-0.1, -0.05) is 0 Å². The second kappa shape index (κ2) is 5.16. The molecule has 0 radical (unpaired) electrons. The molecule has 106 valence electrons. The summed E-state index contributed by atoms with van der Waals surface area (Å²) in [5.74, 6) is 0.596. The van der Waals surface area contributed by atoms with E-state index in [0.717, 1.165) is 25.0 Å². The van der Waals surface area contributed by atoms with Crippen molar-refractivity contribution in [3.8, 4) is 0 Å². The third-order valence-corrected chi connectivity index (χ3v) is 3.70. The van der Waals surface area contributed by atoms with Crippen molar-refractivity contribution < 1.29 is 9.90 Å². The highest BCUT2D eigenvalue weighted by atomic mass is 16.3. The Hall–Kier alpha value is -2.02. The second-order valence-corrected chi connectivity index (χ2v) is 5.28. The van der Waals surface area contributed by atoms with Crippen LogP contribution in [0.4, 0.5) is 0 Å². The monoisotopic (exact) mass is 275 g/mol. The molecule has 1 amide bonds. The number of nitrogens with one attached hydrogen (secondary N) is 1. The Kier molecular flexibility index (Phi) is 3.35. The van der Waals surface area contributed by atoms with Crippen molar-refractivity contribution in [3.63, 3.8) is 0 Å². The molecular formula is C13H17N5O2. The zero-order valence-electron chi connectivity index (χ0n) is 11.3. The molecule has 2 atom stereocenters. The molecule has 1 fully saturated rings. The van der Waals surface area contributed by atoms with Crippen LogP contribution in [0.1, 0.15) is 35.6 Å². The fraction of sp³-hybridized carbons (Fsp3) is 0.538. The number of nitrogens with zero attached hydrogens (tertiary/aromatic N) is 4. The molecule has 0 aliphatic heterocycles. The molecule has 0 bridgehead atoms. The summed E-state index contributed by atoms with van der Waals surface area (Å²) in [6.07, 6.45) is 3.93. The molecule has 0 saturated heterocycles. The predicted octanol–water partition coefficient (Wildman–Crippen LogP) is 0.324. The van der Waals surface area contributed by atoms with Gasteiger partial charge in [0.2, 0.25) is 5.82 Å². The molecule has 2 unspecified atom stereocenters. The first kappa shape index (κ1) is 13.0. The maximum Gasteiger partial charge on any atom is 0.291 e. The third kappa shape index (κ3) is 2.49. The first-order valence-corrected chi connectivity index (χ1v) is 6.78. The van der Waals surface area contributed by atoms with Crippen LogP contribution in [0.25, 0.3) is 5.78 Å². The first-order valence-electron chi connectivity index (χ1n) is 6.78. The van der Waals surface area contributed by atoms with Gasteiger partial charge in [0, 0.05) is 18.4 Å². The molecular weight excluding hydrogens is 258 g/mol. The number of carbonyl (C=O) groups excluding carboxylic acids is 1. The largest absolute Gasteiger partial charge is 0.393 e. The number of hydrogen-bond donors (Lipinski definition) is 2. The summed E-state index contributed by atoms with van der Waals surface area (Å²) in [5.41, 5.74) is 0.875. The van der Waals surface area contributed by atoms with Gasteiger partial charge in [0.25, 0.3) is 11.7 Å². The van der Waals surface area contributed by atoms with E-state index < -0.39 is 0 Å². The minimum absolute atomic E-state index is 0.130. The summed E-state index contributed by atoms with van der Waals surface area (Å²) in [6, 6.07) is 1.81. The average Bonchev–Trinajstić information content (AvgIpc) is 3.03. The number of aliphatic hydroxyl groups is 1. The lowest BCUT2D eigenvalue weighted by molar-refractivity contribution is 0.0935. The average molecular weight is 275 g/mol. The molecule has 0 aromatic carbocycles. The normalized spacial score (nSPS) is 22.3. The smallest absolute Gasteiger partial charge is 0.291 e. The van der Waals surface area contributed by atoms with Crippen LogP contribution in [0.2, 0.25) is 0 Å². The Morgan fingerprint density at radius 2 is 2.40 bits per heavy atom. The van der Waals surface area contributed by atoms with Crippen LogP contribution in [0.3, 0.4) is 0 Å². The number of aliphatic hydroxyl groups excluding tert-OH is 1. The fourth-order valence-electron chi connectivity index (χ4n) is 2.55. The number of rotatable bonds is 3. The lowest BCUT2D eigenvalue weighted by Gasteiger charge is -2.09. The highest BCUT2D eigenvalue weighted by Crippen LogP contribution is 2.24. The summed E-state index contributed by atoms with van der Waals surface area (Å²) in [6.45, 7) is 2.43. The molecule has 2 N–H and O–H groups in total. The summed E-state index contributed by atoms with van der Waals surface area (Å²) < 4.78 is 1.55. The van der Waals surface area contributed by atoms with Crippen molar-refractivity contribution in [3.05, 3.63) is 23.8 Å². The van der Waals surface area contributed by atoms with Crippen LogP contribution in [-0.2, 0) is 0 Å². The molecule has 1 aliphatic rings. The van der Waals surface area contributed by atoms with E-state index in [1.54, 1.807) is 10.7 Å². The van der Waals surface area contributed by atoms with E-state index in [-0.39, 0.29) is 17.8 Å². The minimum Gasteiger partial charge on any atom is -0.393 e. The molecule has 1 saturated carbocycles. The van der Waals surface area contributed by atoms with Gasteiger partial charge in [-0.3, -0.25) is 4.79 Å². The van der Waals surface area contributed by atoms with Crippen molar-refractivity contribution in [1.82, 2.24) is 24.9 Å². The second-order valence-electron chi connectivity index (χ2n) is 5.28. The molecule has 1 aliphatic carbocycles. The summed E-state index contributed by atoms with van der Waals surface area (Å²) in [4.78, 5) is 20.2. The van der Waals surface area contributed by atoms with E-state index in [1.807, 2.05) is 13.0 Å². The van der Waals surface area contributed by atoms with Crippen molar-refractivity contribution in [2.75, 3.05) is 6.54 Å². The Labute approximate surface area is 116 Å². The first-order chi connectivity index (χ1) is 9.63. The Balaban J connectivity index is 1.68. The molecule has 2 heterocycles. The van der Waals surface area contributed by atoms with Crippen LogP contribution in [-0.4, -0.2) is 43.2 Å². The Bertz CT molecular complexity index is 639. The van der Waals surface area contributed by atoms with Crippen molar-refractivity contribution in [1.29, 1.82) is 0 Å². The van der Waals surface area contributed by atoms with Gasteiger partial charge in [-0.15, -0.1) is 5.10 Å². The maximum absolute atomic E-state index is 12.0. The van der Waals surface area contributed by atoms with Crippen LogP contribution < -0.4 is 5.32 Å². The van der Waals surface area contributed by atoms with Crippen LogP contribution >= 0.6 is 0 Å². The summed E-state index contributed by atoms with van der Waals surface area (Å²) >= 11 is 0. The zero-order valence-corrected chi connectivity index (χ0v) is 11.3. The van der Waals surface area contributed by atoms with E-state index in [9.17, 15) is 9.90 Å². The van der Waals surface area contributed by atoms with Crippen molar-refractivity contribution >= 4 is 11.7 Å². The third-order valence-electron chi connectivity index (χ3n) is 3.70. The highest BCUT2D eigenvalue weighted by Gasteiger charge is 2.24. The predicted molar refractivity (Wildman–Crippen MR) is 71.2 cm³/mol. The Morgan fingerprint density at radius 3 is 3.10 bits per heavy atom. The molecule has 0 spiro atoms. The fourth-order valence-corrected chi connectivity index (χ4v) is 2.55. The van der Waals surface area contributed by atoms with Gasteiger partial charge < -0.3 is 10.4 Å². The minimum atomic E-state index is -0.295. The lowest BCUT2D eigenvalue weighted by atomic mass is 10.1. The highest BCUT2D eigenvalue weighted by molar-refractivity contribution is 5.90. The van der Waals surface area contributed by atoms with Gasteiger partial charge in [0.1, 0.15) is 0 Å². The van der Waals surface area contributed by atoms with Gasteiger partial charge >= 0.3 is 0 Å². The number of aryl methyl sites for hydroxylation is 1. The number of carbonyl (C=O) groups is 1. The molecule has 2 aromatic heterocycles. The van der Waals surface area contributed by atoms with E-state index in [0.29, 0.717) is 18.2 Å². The molecule has 7 heteroatoms. The molecule has 2 aromatic rings. The lowest BCUT2D eigenvalue weighted by Crippen LogP contribution is -2.29. The van der Waals surface area contributed by atoms with Crippen LogP contribution in [0.5, 0.6) is 0 Å². The van der Waals surface area contributed by atoms with E-state index in [4.69, 9.17) is 0 Å². The van der Waals surface area contributed by atoms with Gasteiger partial charge in [0.05, 0.1) is 6.10 Å². The number of amides is 1. The summed E-state index contributed by atoms with van der Waals surface area (Å²) in [7, 11) is 0. The van der Waals surface area contributed by atoms with E-state index in [2.05, 4.69) is 20.4 Å². The van der Waals surface area contributed by atoms with Crippen LogP contribution in [0.15, 0.2) is 12.3 Å². The Morgan fingerprint density at radius 1 is 1.55 bits per heavy atom. The molecule has 20 heavy (non-hydrogen) atoms. The van der Waals surface area contributed by atoms with Gasteiger partial charge in [0.15, 0.2) is 0 Å². The molecule has 3 rings (SSSR count). The van der Waals surface area contributed by atoms with Gasteiger partial charge in [-0.05, 0) is 38.2 Å². The number of hydrogen-bond acceptors (Lipinski definition) is 5. The van der Waals surface area contributed by atoms with E-state index in [1.165, 1.54) is 0 Å². The zero-order chi connectivity index (χ0) is 14.1. The summed E-state index contributed by atoms with van der Waals surface area (Å²) in [5, 5.41) is 16.4. The van der Waals surface area contributed by atoms with Gasteiger partial charge in [-0.2, -0.15) is 4.98 Å². The van der Waals surface area contributed by atoms with Gasteiger partial charge in [-0.25, -0.2) is 9.50 Å². The molecule has 7 nitrogen and oxygen atoms in total. The standard InChI is InChI=1S/C13H17N5O2/c1-8-4-5-14-13-16-11(17-18(8)13)12(20)15-7-9-2-3-10(19)6-9/h4-5,9-10,19H,2-3,6-7H2,1H3,(H,15,20).